The number of carbonyl (C=O) groups is 1. The molecule has 26 heavy (non-hydrogen) atoms. The van der Waals surface area contributed by atoms with E-state index < -0.39 is 26.6 Å². The highest BCUT2D eigenvalue weighted by Gasteiger charge is 2.32. The van der Waals surface area contributed by atoms with Gasteiger partial charge >= 0.3 is 0 Å². The average molecular weight is 400 g/mol. The van der Waals surface area contributed by atoms with Crippen LogP contribution in [0.2, 0.25) is 0 Å². The van der Waals surface area contributed by atoms with E-state index in [1.165, 1.54) is 0 Å². The Balaban J connectivity index is 1.60. The molecule has 140 valence electrons. The molecule has 0 saturated carbocycles. The molecule has 1 saturated heterocycles. The Morgan fingerprint density at radius 2 is 1.85 bits per heavy atom. The first kappa shape index (κ1) is 18.9. The number of benzene rings is 1. The summed E-state index contributed by atoms with van der Waals surface area (Å²) in [6.45, 7) is 0.588. The van der Waals surface area contributed by atoms with E-state index in [4.69, 9.17) is 0 Å². The van der Waals surface area contributed by atoms with Crippen LogP contribution in [-0.2, 0) is 21.2 Å². The van der Waals surface area contributed by atoms with Crippen LogP contribution in [-0.4, -0.2) is 49.7 Å². The van der Waals surface area contributed by atoms with Crippen molar-refractivity contribution in [3.63, 3.8) is 0 Å². The normalized spacial score (nSPS) is 16.0. The van der Waals surface area contributed by atoms with Gasteiger partial charge in [0.2, 0.25) is 15.9 Å². The maximum Gasteiger partial charge on any atom is 0.246 e. The molecule has 1 aliphatic heterocycles. The Morgan fingerprint density at radius 3 is 2.50 bits per heavy atom. The van der Waals surface area contributed by atoms with Crippen LogP contribution in [0, 0.1) is 11.6 Å². The highest BCUT2D eigenvalue weighted by Crippen LogP contribution is 2.22. The average Bonchev–Trinajstić information content (AvgIpc) is 3.15. The number of carbonyl (C=O) groups excluding carboxylic acids is 1. The summed E-state index contributed by atoms with van der Waals surface area (Å²) in [5.74, 6) is -1.83. The Labute approximate surface area is 154 Å². The van der Waals surface area contributed by atoms with Gasteiger partial charge in [0.05, 0.1) is 0 Å². The van der Waals surface area contributed by atoms with E-state index in [2.05, 4.69) is 0 Å². The lowest BCUT2D eigenvalue weighted by atomic mass is 10.2. The Morgan fingerprint density at radius 1 is 1.12 bits per heavy atom. The van der Waals surface area contributed by atoms with Crippen LogP contribution in [0.3, 0.4) is 0 Å². The van der Waals surface area contributed by atoms with Crippen LogP contribution in [0.1, 0.15) is 11.3 Å². The second kappa shape index (κ2) is 7.81. The van der Waals surface area contributed by atoms with Crippen molar-refractivity contribution in [2.45, 2.75) is 17.7 Å². The first-order valence-corrected chi connectivity index (χ1v) is 10.5. The molecule has 3 rings (SSSR count). The zero-order valence-corrected chi connectivity index (χ0v) is 15.5. The molecule has 1 aromatic carbocycles. The fourth-order valence-electron chi connectivity index (χ4n) is 2.83. The molecule has 1 fully saturated rings. The van der Waals surface area contributed by atoms with Gasteiger partial charge in [0, 0.05) is 37.5 Å². The summed E-state index contributed by atoms with van der Waals surface area (Å²) in [7, 11) is -4.13. The summed E-state index contributed by atoms with van der Waals surface area (Å²) in [5.41, 5.74) is 0. The SMILES string of the molecule is O=C(CCc1cccs1)N1CCN(S(=O)(=O)c2cc(F)ccc2F)CC1. The maximum atomic E-state index is 13.8. The summed E-state index contributed by atoms with van der Waals surface area (Å²) < 4.78 is 53.3. The minimum Gasteiger partial charge on any atom is -0.340 e. The molecule has 1 aliphatic rings. The molecule has 0 aliphatic carbocycles. The Bertz CT molecular complexity index is 877. The number of piperazine rings is 1. The largest absolute Gasteiger partial charge is 0.340 e. The smallest absolute Gasteiger partial charge is 0.246 e. The third kappa shape index (κ3) is 4.11. The highest BCUT2D eigenvalue weighted by atomic mass is 32.2. The molecule has 9 heteroatoms. The van der Waals surface area contributed by atoms with Crippen molar-refractivity contribution in [3.05, 3.63) is 52.2 Å². The van der Waals surface area contributed by atoms with E-state index in [9.17, 15) is 22.0 Å². The second-order valence-electron chi connectivity index (χ2n) is 5.94. The minimum atomic E-state index is -4.13. The Kier molecular flexibility index (Phi) is 5.69. The summed E-state index contributed by atoms with van der Waals surface area (Å²) in [5, 5.41) is 1.95. The van der Waals surface area contributed by atoms with Crippen LogP contribution in [0.5, 0.6) is 0 Å². The Hall–Kier alpha value is -1.84. The molecular weight excluding hydrogens is 382 g/mol. The van der Waals surface area contributed by atoms with Crippen molar-refractivity contribution in [2.24, 2.45) is 0 Å². The summed E-state index contributed by atoms with van der Waals surface area (Å²) >= 11 is 1.59. The standard InChI is InChI=1S/C17H18F2N2O3S2/c18-13-3-5-15(19)16(12-13)26(23,24)21-9-7-20(8-10-21)17(22)6-4-14-2-1-11-25-14/h1-3,5,11-12H,4,6-10H2. The lowest BCUT2D eigenvalue weighted by Crippen LogP contribution is -2.50. The lowest BCUT2D eigenvalue weighted by Gasteiger charge is -2.34. The molecule has 1 aromatic heterocycles. The number of sulfonamides is 1. The van der Waals surface area contributed by atoms with Crippen molar-refractivity contribution >= 4 is 27.3 Å². The second-order valence-corrected chi connectivity index (χ2v) is 8.88. The maximum absolute atomic E-state index is 13.8. The molecule has 2 heterocycles. The molecule has 0 unspecified atom stereocenters. The fourth-order valence-corrected chi connectivity index (χ4v) is 5.04. The molecule has 2 aromatic rings. The number of hydrogen-bond acceptors (Lipinski definition) is 4. The van der Waals surface area contributed by atoms with Gasteiger partial charge in [-0.2, -0.15) is 4.31 Å². The van der Waals surface area contributed by atoms with Crippen LogP contribution in [0.25, 0.3) is 0 Å². The fraction of sp³-hybridized carbons (Fsp3) is 0.353. The molecule has 0 N–H and O–H groups in total. The van der Waals surface area contributed by atoms with Gasteiger partial charge in [-0.25, -0.2) is 17.2 Å². The molecular formula is C17H18F2N2O3S2. The third-order valence-corrected chi connectivity index (χ3v) is 7.12. The van der Waals surface area contributed by atoms with Crippen LogP contribution >= 0.6 is 11.3 Å². The topological polar surface area (TPSA) is 57.7 Å². The van der Waals surface area contributed by atoms with E-state index in [1.807, 2.05) is 17.5 Å². The minimum absolute atomic E-state index is 0.0348. The van der Waals surface area contributed by atoms with Gasteiger partial charge in [0.1, 0.15) is 16.5 Å². The van der Waals surface area contributed by atoms with Crippen LogP contribution in [0.4, 0.5) is 8.78 Å². The number of hydrogen-bond donors (Lipinski definition) is 0. The van der Waals surface area contributed by atoms with Crippen LogP contribution < -0.4 is 0 Å². The number of amides is 1. The van der Waals surface area contributed by atoms with Gasteiger partial charge in [0.15, 0.2) is 0 Å². The van der Waals surface area contributed by atoms with Gasteiger partial charge in [0.25, 0.3) is 0 Å². The van der Waals surface area contributed by atoms with Crippen molar-refractivity contribution in [2.75, 3.05) is 26.2 Å². The first-order valence-electron chi connectivity index (χ1n) is 8.13. The molecule has 0 spiro atoms. The van der Waals surface area contributed by atoms with Gasteiger partial charge in [-0.05, 0) is 36.1 Å². The molecule has 0 bridgehead atoms. The van der Waals surface area contributed by atoms with Crippen molar-refractivity contribution in [1.82, 2.24) is 9.21 Å². The third-order valence-electron chi connectivity index (χ3n) is 4.27. The van der Waals surface area contributed by atoms with E-state index in [1.54, 1.807) is 16.2 Å². The van der Waals surface area contributed by atoms with Crippen LogP contribution in [0.15, 0.2) is 40.6 Å². The molecule has 5 nitrogen and oxygen atoms in total. The highest BCUT2D eigenvalue weighted by molar-refractivity contribution is 7.89. The summed E-state index contributed by atoms with van der Waals surface area (Å²) in [6.07, 6.45) is 1.02. The van der Waals surface area contributed by atoms with Gasteiger partial charge in [-0.15, -0.1) is 11.3 Å². The monoisotopic (exact) mass is 400 g/mol. The zero-order chi connectivity index (χ0) is 18.7. The number of aryl methyl sites for hydroxylation is 1. The number of nitrogens with zero attached hydrogens (tertiary/aromatic N) is 2. The molecule has 0 atom stereocenters. The number of rotatable bonds is 5. The van der Waals surface area contributed by atoms with E-state index in [0.29, 0.717) is 18.9 Å². The number of thiophene rings is 1. The van der Waals surface area contributed by atoms with Gasteiger partial charge in [-0.3, -0.25) is 4.79 Å². The zero-order valence-electron chi connectivity index (χ0n) is 13.9. The molecule has 0 radical (unpaired) electrons. The molecule has 1 amide bonds. The van der Waals surface area contributed by atoms with Gasteiger partial charge < -0.3 is 4.90 Å². The number of halogens is 2. The van der Waals surface area contributed by atoms with Crippen molar-refractivity contribution in [3.8, 4) is 0 Å². The quantitative estimate of drug-likeness (QED) is 0.775. The van der Waals surface area contributed by atoms with Crippen molar-refractivity contribution in [1.29, 1.82) is 0 Å². The lowest BCUT2D eigenvalue weighted by molar-refractivity contribution is -0.132. The first-order chi connectivity index (χ1) is 12.4. The van der Waals surface area contributed by atoms with E-state index in [-0.39, 0.29) is 32.1 Å². The van der Waals surface area contributed by atoms with E-state index >= 15 is 0 Å². The van der Waals surface area contributed by atoms with Crippen molar-refractivity contribution < 1.29 is 22.0 Å². The predicted octanol–water partition coefficient (Wildman–Crippen LogP) is 2.49. The van der Waals surface area contributed by atoms with E-state index in [0.717, 1.165) is 21.3 Å². The predicted molar refractivity (Wildman–Crippen MR) is 94.3 cm³/mol. The van der Waals surface area contributed by atoms with Gasteiger partial charge in [-0.1, -0.05) is 6.07 Å². The summed E-state index contributed by atoms with van der Waals surface area (Å²) in [6, 6.07) is 6.25. The summed E-state index contributed by atoms with van der Waals surface area (Å²) in [4.78, 5) is 14.3.